The van der Waals surface area contributed by atoms with Gasteiger partial charge < -0.3 is 9.84 Å². The molecule has 1 unspecified atom stereocenters. The first kappa shape index (κ1) is 11.9. The maximum absolute atomic E-state index is 10.0. The number of thiazole rings is 1. The molecular weight excluding hydrogens is 238 g/mol. The Kier molecular flexibility index (Phi) is 3.65. The summed E-state index contributed by atoms with van der Waals surface area (Å²) >= 11 is 1.54. The van der Waals surface area contributed by atoms with Crippen molar-refractivity contribution in [2.24, 2.45) is 0 Å². The minimum Gasteiger partial charge on any atom is -0.481 e. The molecular formula is C11H13N3O2S. The zero-order chi connectivity index (χ0) is 12.3. The Morgan fingerprint density at radius 1 is 1.47 bits per heavy atom. The highest BCUT2D eigenvalue weighted by atomic mass is 32.1. The molecule has 0 bridgehead atoms. The van der Waals surface area contributed by atoms with Crippen molar-refractivity contribution in [2.75, 3.05) is 7.11 Å². The summed E-state index contributed by atoms with van der Waals surface area (Å²) in [7, 11) is 1.53. The second-order valence-corrected chi connectivity index (χ2v) is 4.53. The first-order valence-electron chi connectivity index (χ1n) is 5.14. The molecule has 0 saturated heterocycles. The number of rotatable bonds is 4. The van der Waals surface area contributed by atoms with Crippen molar-refractivity contribution in [1.29, 1.82) is 0 Å². The number of hydrogen-bond acceptors (Lipinski definition) is 6. The van der Waals surface area contributed by atoms with Crippen molar-refractivity contribution in [3.63, 3.8) is 0 Å². The van der Waals surface area contributed by atoms with E-state index in [9.17, 15) is 5.11 Å². The van der Waals surface area contributed by atoms with Crippen molar-refractivity contribution in [2.45, 2.75) is 19.4 Å². The fourth-order valence-corrected chi connectivity index (χ4v) is 2.22. The van der Waals surface area contributed by atoms with Gasteiger partial charge in [0, 0.05) is 23.6 Å². The molecule has 90 valence electrons. The summed E-state index contributed by atoms with van der Waals surface area (Å²) in [6, 6.07) is 1.63. The number of methoxy groups -OCH3 is 1. The number of aryl methyl sites for hydroxylation is 1. The van der Waals surface area contributed by atoms with Gasteiger partial charge in [-0.1, -0.05) is 0 Å². The molecule has 2 heterocycles. The molecule has 6 heteroatoms. The summed E-state index contributed by atoms with van der Waals surface area (Å²) < 4.78 is 4.98. The molecule has 0 radical (unpaired) electrons. The van der Waals surface area contributed by atoms with Crippen LogP contribution in [-0.2, 0) is 6.42 Å². The third-order valence-electron chi connectivity index (χ3n) is 2.25. The molecule has 0 spiro atoms. The van der Waals surface area contributed by atoms with Gasteiger partial charge in [-0.3, -0.25) is 0 Å². The number of hydrogen-bond donors (Lipinski definition) is 1. The van der Waals surface area contributed by atoms with E-state index in [1.807, 2.05) is 12.3 Å². The van der Waals surface area contributed by atoms with Crippen LogP contribution in [0.1, 0.15) is 22.5 Å². The van der Waals surface area contributed by atoms with Gasteiger partial charge in [0.1, 0.15) is 12.4 Å². The van der Waals surface area contributed by atoms with Crippen LogP contribution >= 0.6 is 11.3 Å². The maximum Gasteiger partial charge on any atom is 0.216 e. The highest BCUT2D eigenvalue weighted by Gasteiger charge is 2.13. The zero-order valence-corrected chi connectivity index (χ0v) is 10.4. The van der Waals surface area contributed by atoms with Crippen molar-refractivity contribution >= 4 is 11.3 Å². The first-order valence-corrected chi connectivity index (χ1v) is 6.02. The Labute approximate surface area is 103 Å². The van der Waals surface area contributed by atoms with Crippen LogP contribution in [0.25, 0.3) is 0 Å². The molecule has 0 saturated carbocycles. The van der Waals surface area contributed by atoms with E-state index in [-0.39, 0.29) is 0 Å². The highest BCUT2D eigenvalue weighted by Crippen LogP contribution is 2.20. The quantitative estimate of drug-likeness (QED) is 0.892. The largest absolute Gasteiger partial charge is 0.481 e. The molecule has 5 nitrogen and oxygen atoms in total. The lowest BCUT2D eigenvalue weighted by Gasteiger charge is -2.08. The van der Waals surface area contributed by atoms with Crippen LogP contribution < -0.4 is 4.74 Å². The number of ether oxygens (including phenoxy) is 1. The Morgan fingerprint density at radius 3 is 2.94 bits per heavy atom. The van der Waals surface area contributed by atoms with Crippen LogP contribution in [0.3, 0.4) is 0 Å². The standard InChI is InChI=1S/C11H13N3O2S/c1-7-5-17-11(14-7)4-9(15)8-3-10(16-2)13-6-12-8/h3,5-6,9,15H,4H2,1-2H3. The summed E-state index contributed by atoms with van der Waals surface area (Å²) in [5.74, 6) is 0.448. The summed E-state index contributed by atoms with van der Waals surface area (Å²) in [5.41, 5.74) is 1.52. The smallest absolute Gasteiger partial charge is 0.216 e. The summed E-state index contributed by atoms with van der Waals surface area (Å²) in [5, 5.41) is 12.9. The van der Waals surface area contributed by atoms with Crippen LogP contribution in [0.5, 0.6) is 5.88 Å². The van der Waals surface area contributed by atoms with E-state index < -0.39 is 6.10 Å². The number of aromatic nitrogens is 3. The molecule has 0 aliphatic rings. The fourth-order valence-electron chi connectivity index (χ4n) is 1.41. The third kappa shape index (κ3) is 2.98. The predicted molar refractivity (Wildman–Crippen MR) is 64.1 cm³/mol. The molecule has 17 heavy (non-hydrogen) atoms. The molecule has 0 fully saturated rings. The Hall–Kier alpha value is -1.53. The van der Waals surface area contributed by atoms with Gasteiger partial charge in [-0.2, -0.15) is 0 Å². The topological polar surface area (TPSA) is 68.1 Å². The second kappa shape index (κ2) is 5.20. The van der Waals surface area contributed by atoms with E-state index in [2.05, 4.69) is 15.0 Å². The lowest BCUT2D eigenvalue weighted by molar-refractivity contribution is 0.172. The molecule has 2 aromatic heterocycles. The van der Waals surface area contributed by atoms with Crippen LogP contribution in [0.4, 0.5) is 0 Å². The van der Waals surface area contributed by atoms with Crippen molar-refractivity contribution in [1.82, 2.24) is 15.0 Å². The Bertz CT molecular complexity index is 501. The summed E-state index contributed by atoms with van der Waals surface area (Å²) in [6.07, 6.45) is 1.15. The van der Waals surface area contributed by atoms with Crippen LogP contribution in [0.15, 0.2) is 17.8 Å². The second-order valence-electron chi connectivity index (χ2n) is 3.59. The van der Waals surface area contributed by atoms with Crippen LogP contribution in [-0.4, -0.2) is 27.2 Å². The minimum atomic E-state index is -0.683. The summed E-state index contributed by atoms with van der Waals surface area (Å²) in [4.78, 5) is 12.2. The third-order valence-corrected chi connectivity index (χ3v) is 3.24. The molecule has 0 aliphatic carbocycles. The van der Waals surface area contributed by atoms with Crippen molar-refractivity contribution in [3.8, 4) is 5.88 Å². The normalized spacial score (nSPS) is 12.4. The van der Waals surface area contributed by atoms with E-state index in [4.69, 9.17) is 4.74 Å². The van der Waals surface area contributed by atoms with Crippen molar-refractivity contribution < 1.29 is 9.84 Å². The van der Waals surface area contributed by atoms with Gasteiger partial charge in [-0.15, -0.1) is 11.3 Å². The average Bonchev–Trinajstić information content (AvgIpc) is 2.75. The fraction of sp³-hybridized carbons (Fsp3) is 0.364. The van der Waals surface area contributed by atoms with Crippen molar-refractivity contribution in [3.05, 3.63) is 34.2 Å². The first-order chi connectivity index (χ1) is 8.19. The van der Waals surface area contributed by atoms with Gasteiger partial charge in [0.15, 0.2) is 0 Å². The highest BCUT2D eigenvalue weighted by molar-refractivity contribution is 7.09. The molecule has 0 aromatic carbocycles. The predicted octanol–water partition coefficient (Wildman–Crippen LogP) is 1.53. The number of aliphatic hydroxyl groups excluding tert-OH is 1. The molecule has 2 rings (SSSR count). The number of nitrogens with zero attached hydrogens (tertiary/aromatic N) is 3. The van der Waals surface area contributed by atoms with E-state index in [1.165, 1.54) is 24.8 Å². The van der Waals surface area contributed by atoms with Gasteiger partial charge in [-0.25, -0.2) is 15.0 Å². The van der Waals surface area contributed by atoms with E-state index >= 15 is 0 Å². The Balaban J connectivity index is 2.11. The van der Waals surface area contributed by atoms with Gasteiger partial charge in [0.25, 0.3) is 0 Å². The van der Waals surface area contributed by atoms with E-state index in [0.29, 0.717) is 18.0 Å². The number of aliphatic hydroxyl groups is 1. The van der Waals surface area contributed by atoms with E-state index in [0.717, 1.165) is 10.7 Å². The summed E-state index contributed by atoms with van der Waals surface area (Å²) in [6.45, 7) is 1.93. The van der Waals surface area contributed by atoms with E-state index in [1.54, 1.807) is 6.07 Å². The molecule has 0 aliphatic heterocycles. The molecule has 2 aromatic rings. The van der Waals surface area contributed by atoms with Gasteiger partial charge in [-0.05, 0) is 6.92 Å². The van der Waals surface area contributed by atoms with Crippen LogP contribution in [0.2, 0.25) is 0 Å². The average molecular weight is 251 g/mol. The van der Waals surface area contributed by atoms with Crippen LogP contribution in [0, 0.1) is 6.92 Å². The maximum atomic E-state index is 10.0. The zero-order valence-electron chi connectivity index (χ0n) is 9.62. The molecule has 1 atom stereocenters. The minimum absolute atomic E-state index is 0.448. The lowest BCUT2D eigenvalue weighted by atomic mass is 10.2. The van der Waals surface area contributed by atoms with Gasteiger partial charge >= 0.3 is 0 Å². The lowest BCUT2D eigenvalue weighted by Crippen LogP contribution is -2.05. The van der Waals surface area contributed by atoms with Gasteiger partial charge in [0.05, 0.1) is 17.8 Å². The molecule has 0 amide bonds. The Morgan fingerprint density at radius 2 is 2.29 bits per heavy atom. The van der Waals surface area contributed by atoms with Gasteiger partial charge in [0.2, 0.25) is 5.88 Å². The molecule has 1 N–H and O–H groups in total. The SMILES string of the molecule is COc1cc(C(O)Cc2nc(C)cs2)ncn1. The monoisotopic (exact) mass is 251 g/mol.